The van der Waals surface area contributed by atoms with Gasteiger partial charge in [-0.25, -0.2) is 9.37 Å². The van der Waals surface area contributed by atoms with Crippen molar-refractivity contribution in [3.8, 4) is 11.3 Å². The number of nitrogens with zero attached hydrogens (tertiary/aromatic N) is 4. The van der Waals surface area contributed by atoms with Crippen LogP contribution in [-0.4, -0.2) is 57.4 Å². The van der Waals surface area contributed by atoms with E-state index in [1.165, 1.54) is 12.1 Å². The molecule has 2 aliphatic rings. The van der Waals surface area contributed by atoms with Crippen LogP contribution < -0.4 is 0 Å². The Morgan fingerprint density at radius 3 is 2.69 bits per heavy atom. The molecule has 1 saturated carbocycles. The summed E-state index contributed by atoms with van der Waals surface area (Å²) in [5, 5.41) is 7.52. The maximum atomic E-state index is 13.5. The molecule has 5 rings (SSSR count). The zero-order chi connectivity index (χ0) is 22.4. The number of benzene rings is 1. The lowest BCUT2D eigenvalue weighted by molar-refractivity contribution is 0.0774. The van der Waals surface area contributed by atoms with Crippen molar-refractivity contribution in [3.63, 3.8) is 0 Å². The Bertz CT molecular complexity index is 1130. The zero-order valence-corrected chi connectivity index (χ0v) is 18.6. The maximum Gasteiger partial charge on any atom is 0.255 e. The lowest BCUT2D eigenvalue weighted by Crippen LogP contribution is -2.29. The Morgan fingerprint density at radius 1 is 1.25 bits per heavy atom. The van der Waals surface area contributed by atoms with Crippen molar-refractivity contribution < 1.29 is 13.9 Å². The van der Waals surface area contributed by atoms with Crippen molar-refractivity contribution in [1.82, 2.24) is 24.6 Å². The first-order chi connectivity index (χ1) is 15.5. The summed E-state index contributed by atoms with van der Waals surface area (Å²) in [4.78, 5) is 20.2. The predicted octanol–water partition coefficient (Wildman–Crippen LogP) is 3.64. The van der Waals surface area contributed by atoms with Gasteiger partial charge in [0, 0.05) is 56.4 Å². The average molecular weight is 438 g/mol. The lowest BCUT2D eigenvalue weighted by Gasteiger charge is -2.16. The van der Waals surface area contributed by atoms with Gasteiger partial charge in [0.05, 0.1) is 12.2 Å². The summed E-state index contributed by atoms with van der Waals surface area (Å²) in [6.45, 7) is 3.69. The highest BCUT2D eigenvalue weighted by Crippen LogP contribution is 2.39. The minimum absolute atomic E-state index is 0.00278. The molecule has 0 unspecified atom stereocenters. The van der Waals surface area contributed by atoms with Crippen LogP contribution in [0.1, 0.15) is 52.4 Å². The fourth-order valence-electron chi connectivity index (χ4n) is 4.69. The van der Waals surface area contributed by atoms with E-state index in [9.17, 15) is 9.18 Å². The standard InChI is InChI=1S/C24H28FN5O2/c1-14-19(10-21(29(14)2)15-6-8-18(25)9-7-15)24(31)30-11-17(13-32-3)20(12-30)23-26-22(27-28-23)16-4-5-16/h6-10,16-17,20H,4-5,11-13H2,1-3H3,(H,26,27,28)/t17-,20+/m0/s1. The molecule has 3 aromatic rings. The third-order valence-electron chi connectivity index (χ3n) is 6.83. The van der Waals surface area contributed by atoms with Gasteiger partial charge in [-0.3, -0.25) is 9.89 Å². The molecule has 2 aromatic heterocycles. The van der Waals surface area contributed by atoms with Gasteiger partial charge in [0.25, 0.3) is 5.91 Å². The number of nitrogens with one attached hydrogen (secondary N) is 1. The minimum atomic E-state index is -0.277. The largest absolute Gasteiger partial charge is 0.384 e. The van der Waals surface area contributed by atoms with Crippen molar-refractivity contribution >= 4 is 5.91 Å². The number of rotatable bonds is 6. The van der Waals surface area contributed by atoms with Crippen LogP contribution in [0.15, 0.2) is 30.3 Å². The Labute approximate surface area is 186 Å². The maximum absolute atomic E-state index is 13.5. The number of carbonyl (C=O) groups excluding carboxylic acids is 1. The molecule has 2 atom stereocenters. The Balaban J connectivity index is 1.40. The van der Waals surface area contributed by atoms with E-state index in [1.54, 1.807) is 19.2 Å². The summed E-state index contributed by atoms with van der Waals surface area (Å²) < 4.78 is 20.8. The number of methoxy groups -OCH3 is 1. The van der Waals surface area contributed by atoms with Gasteiger partial charge in [0.2, 0.25) is 0 Å². The molecule has 1 amide bonds. The van der Waals surface area contributed by atoms with Crippen LogP contribution in [0.25, 0.3) is 11.3 Å². The summed E-state index contributed by atoms with van der Waals surface area (Å²) in [5.41, 5.74) is 3.32. The SMILES string of the molecule is COC[C@@H]1CN(C(=O)c2cc(-c3ccc(F)cc3)n(C)c2C)C[C@H]1c1nc(C2CC2)n[nH]1. The molecule has 7 nitrogen and oxygen atoms in total. The highest BCUT2D eigenvalue weighted by atomic mass is 19.1. The quantitative estimate of drug-likeness (QED) is 0.639. The van der Waals surface area contributed by atoms with Crippen molar-refractivity contribution in [1.29, 1.82) is 0 Å². The van der Waals surface area contributed by atoms with Gasteiger partial charge in [-0.2, -0.15) is 5.10 Å². The van der Waals surface area contributed by atoms with Crippen molar-refractivity contribution in [2.24, 2.45) is 13.0 Å². The smallest absolute Gasteiger partial charge is 0.255 e. The molecule has 168 valence electrons. The monoisotopic (exact) mass is 437 g/mol. The number of H-pyrrole nitrogens is 1. The number of aromatic amines is 1. The molecule has 0 radical (unpaired) electrons. The summed E-state index contributed by atoms with van der Waals surface area (Å²) in [6.07, 6.45) is 2.30. The first-order valence-corrected chi connectivity index (χ1v) is 11.1. The molecule has 1 aliphatic heterocycles. The van der Waals surface area contributed by atoms with E-state index in [2.05, 4.69) is 10.2 Å². The summed E-state index contributed by atoms with van der Waals surface area (Å²) in [5.74, 6) is 2.17. The number of likely N-dealkylation sites (tertiary alicyclic amines) is 1. The van der Waals surface area contributed by atoms with E-state index in [0.29, 0.717) is 31.2 Å². The summed E-state index contributed by atoms with van der Waals surface area (Å²) in [7, 11) is 3.62. The molecule has 1 aromatic carbocycles. The van der Waals surface area contributed by atoms with Crippen LogP contribution in [0.5, 0.6) is 0 Å². The highest BCUT2D eigenvalue weighted by Gasteiger charge is 2.40. The van der Waals surface area contributed by atoms with Crippen molar-refractivity contribution in [2.45, 2.75) is 31.6 Å². The molecular weight excluding hydrogens is 409 g/mol. The number of aromatic nitrogens is 4. The number of carbonyl (C=O) groups is 1. The van der Waals surface area contributed by atoms with E-state index in [1.807, 2.05) is 29.5 Å². The Kier molecular flexibility index (Phi) is 5.33. The van der Waals surface area contributed by atoms with Crippen molar-refractivity contribution in [2.75, 3.05) is 26.8 Å². The van der Waals surface area contributed by atoms with Gasteiger partial charge < -0.3 is 14.2 Å². The third kappa shape index (κ3) is 3.72. The minimum Gasteiger partial charge on any atom is -0.384 e. The van der Waals surface area contributed by atoms with Crippen molar-refractivity contribution in [3.05, 3.63) is 59.1 Å². The van der Waals surface area contributed by atoms with E-state index < -0.39 is 0 Å². The van der Waals surface area contributed by atoms with Gasteiger partial charge in [-0.05, 0) is 55.7 Å². The normalized spacial score (nSPS) is 20.8. The second kappa shape index (κ2) is 8.16. The van der Waals surface area contributed by atoms with Crippen LogP contribution >= 0.6 is 0 Å². The van der Waals surface area contributed by atoms with Crippen LogP contribution in [0.4, 0.5) is 4.39 Å². The van der Waals surface area contributed by atoms with Gasteiger partial charge >= 0.3 is 0 Å². The number of ether oxygens (including phenoxy) is 1. The van der Waals surface area contributed by atoms with Crippen LogP contribution in [0.3, 0.4) is 0 Å². The summed E-state index contributed by atoms with van der Waals surface area (Å²) >= 11 is 0. The van der Waals surface area contributed by atoms with Gasteiger partial charge in [-0.15, -0.1) is 0 Å². The molecule has 2 fully saturated rings. The van der Waals surface area contributed by atoms with Crippen LogP contribution in [0.2, 0.25) is 0 Å². The molecule has 0 bridgehead atoms. The fraction of sp³-hybridized carbons (Fsp3) is 0.458. The second-order valence-electron chi connectivity index (χ2n) is 8.98. The van der Waals surface area contributed by atoms with Crippen LogP contribution in [-0.2, 0) is 11.8 Å². The number of hydrogen-bond acceptors (Lipinski definition) is 4. The number of halogens is 1. The summed E-state index contributed by atoms with van der Waals surface area (Å²) in [6, 6.07) is 8.25. The second-order valence-corrected chi connectivity index (χ2v) is 8.98. The molecule has 1 saturated heterocycles. The first kappa shape index (κ1) is 20.9. The van der Waals surface area contributed by atoms with Gasteiger partial charge in [0.1, 0.15) is 11.6 Å². The predicted molar refractivity (Wildman–Crippen MR) is 118 cm³/mol. The molecular formula is C24H28FN5O2. The van der Waals surface area contributed by atoms with E-state index in [4.69, 9.17) is 9.72 Å². The van der Waals surface area contributed by atoms with E-state index in [-0.39, 0.29) is 23.6 Å². The third-order valence-corrected chi connectivity index (χ3v) is 6.83. The Morgan fingerprint density at radius 2 is 2.00 bits per heavy atom. The molecule has 3 heterocycles. The molecule has 32 heavy (non-hydrogen) atoms. The fourth-order valence-corrected chi connectivity index (χ4v) is 4.69. The average Bonchev–Trinajstić information content (AvgIpc) is 3.24. The number of amides is 1. The van der Waals surface area contributed by atoms with Gasteiger partial charge in [-0.1, -0.05) is 0 Å². The lowest BCUT2D eigenvalue weighted by atomic mass is 9.96. The highest BCUT2D eigenvalue weighted by molar-refractivity contribution is 5.97. The Hall–Kier alpha value is -3.00. The van der Waals surface area contributed by atoms with Crippen LogP contribution in [0, 0.1) is 18.7 Å². The number of hydrogen-bond donors (Lipinski definition) is 1. The topological polar surface area (TPSA) is 76.0 Å². The molecule has 1 N–H and O–H groups in total. The molecule has 8 heteroatoms. The molecule has 1 aliphatic carbocycles. The molecule has 0 spiro atoms. The first-order valence-electron chi connectivity index (χ1n) is 11.1. The van der Waals surface area contributed by atoms with E-state index in [0.717, 1.165) is 41.4 Å². The van der Waals surface area contributed by atoms with E-state index >= 15 is 0 Å². The van der Waals surface area contributed by atoms with Gasteiger partial charge in [0.15, 0.2) is 5.82 Å². The zero-order valence-electron chi connectivity index (χ0n) is 18.6.